The lowest BCUT2D eigenvalue weighted by atomic mass is 9.97. The highest BCUT2D eigenvalue weighted by Crippen LogP contribution is 2.31. The van der Waals surface area contributed by atoms with Crippen molar-refractivity contribution in [3.63, 3.8) is 0 Å². The van der Waals surface area contributed by atoms with Gasteiger partial charge in [-0.2, -0.15) is 11.8 Å². The molecule has 1 saturated heterocycles. The Bertz CT molecular complexity index is 147. The molecule has 1 nitrogen and oxygen atoms in total. The van der Waals surface area contributed by atoms with Gasteiger partial charge < -0.3 is 5.32 Å². The zero-order chi connectivity index (χ0) is 9.73. The SMILES string of the molecule is CNCC(F)(F)CC1CCCSC1. The van der Waals surface area contributed by atoms with E-state index in [0.717, 1.165) is 24.3 Å². The standard InChI is InChI=1S/C9H17F2NS/c1-12-7-9(10,11)5-8-3-2-4-13-6-8/h8,12H,2-7H2,1H3. The maximum atomic E-state index is 13.1. The Morgan fingerprint density at radius 3 is 2.85 bits per heavy atom. The van der Waals surface area contributed by atoms with Gasteiger partial charge in [0.2, 0.25) is 0 Å². The van der Waals surface area contributed by atoms with Crippen LogP contribution >= 0.6 is 11.8 Å². The highest BCUT2D eigenvalue weighted by molar-refractivity contribution is 7.99. The molecule has 1 heterocycles. The molecule has 0 radical (unpaired) electrons. The van der Waals surface area contributed by atoms with Gasteiger partial charge in [0.05, 0.1) is 6.54 Å². The number of alkyl halides is 2. The third-order valence-electron chi connectivity index (χ3n) is 2.28. The maximum Gasteiger partial charge on any atom is 0.260 e. The van der Waals surface area contributed by atoms with Gasteiger partial charge in [-0.15, -0.1) is 0 Å². The van der Waals surface area contributed by atoms with Crippen LogP contribution in [0.15, 0.2) is 0 Å². The lowest BCUT2D eigenvalue weighted by Gasteiger charge is -2.25. The largest absolute Gasteiger partial charge is 0.314 e. The zero-order valence-corrected chi connectivity index (χ0v) is 8.80. The second kappa shape index (κ2) is 5.15. The summed E-state index contributed by atoms with van der Waals surface area (Å²) >= 11 is 1.81. The number of hydrogen-bond acceptors (Lipinski definition) is 2. The van der Waals surface area contributed by atoms with Crippen molar-refractivity contribution in [3.05, 3.63) is 0 Å². The Balaban J connectivity index is 2.28. The minimum absolute atomic E-state index is 0.0564. The average molecular weight is 209 g/mol. The van der Waals surface area contributed by atoms with Crippen LogP contribution in [-0.2, 0) is 0 Å². The smallest absolute Gasteiger partial charge is 0.260 e. The molecule has 0 aromatic heterocycles. The van der Waals surface area contributed by atoms with E-state index in [1.165, 1.54) is 0 Å². The van der Waals surface area contributed by atoms with Gasteiger partial charge >= 0.3 is 0 Å². The first-order chi connectivity index (χ1) is 6.14. The van der Waals surface area contributed by atoms with Gasteiger partial charge in [0.15, 0.2) is 0 Å². The van der Waals surface area contributed by atoms with E-state index in [2.05, 4.69) is 5.32 Å². The molecule has 0 aromatic carbocycles. The molecule has 0 aliphatic carbocycles. The van der Waals surface area contributed by atoms with Crippen LogP contribution in [0.25, 0.3) is 0 Å². The summed E-state index contributed by atoms with van der Waals surface area (Å²) in [6.45, 7) is -0.186. The van der Waals surface area contributed by atoms with Crippen LogP contribution in [0.1, 0.15) is 19.3 Å². The molecule has 1 rings (SSSR count). The molecule has 0 aromatic rings. The van der Waals surface area contributed by atoms with Gasteiger partial charge in [0.1, 0.15) is 0 Å². The maximum absolute atomic E-state index is 13.1. The number of thioether (sulfide) groups is 1. The Morgan fingerprint density at radius 2 is 2.31 bits per heavy atom. The zero-order valence-electron chi connectivity index (χ0n) is 7.98. The van der Waals surface area contributed by atoms with Gasteiger partial charge in [0, 0.05) is 6.42 Å². The fourth-order valence-corrected chi connectivity index (χ4v) is 2.88. The van der Waals surface area contributed by atoms with Gasteiger partial charge in [-0.05, 0) is 37.3 Å². The van der Waals surface area contributed by atoms with Crippen molar-refractivity contribution in [1.82, 2.24) is 5.32 Å². The van der Waals surface area contributed by atoms with E-state index in [4.69, 9.17) is 0 Å². The summed E-state index contributed by atoms with van der Waals surface area (Å²) in [4.78, 5) is 0. The van der Waals surface area contributed by atoms with Crippen molar-refractivity contribution < 1.29 is 8.78 Å². The van der Waals surface area contributed by atoms with Gasteiger partial charge in [0.25, 0.3) is 5.92 Å². The van der Waals surface area contributed by atoms with E-state index in [9.17, 15) is 8.78 Å². The summed E-state index contributed by atoms with van der Waals surface area (Å²) in [5, 5.41) is 2.54. The Labute approximate surface area is 82.7 Å². The van der Waals surface area contributed by atoms with Gasteiger partial charge in [-0.1, -0.05) is 0 Å². The lowest BCUT2D eigenvalue weighted by molar-refractivity contribution is -0.0185. The van der Waals surface area contributed by atoms with Crippen LogP contribution in [0.2, 0.25) is 0 Å². The van der Waals surface area contributed by atoms with Crippen molar-refractivity contribution in [3.8, 4) is 0 Å². The predicted octanol–water partition coefficient (Wildman–Crippen LogP) is 2.37. The van der Waals surface area contributed by atoms with Crippen LogP contribution in [0, 0.1) is 5.92 Å². The van der Waals surface area contributed by atoms with Crippen LogP contribution < -0.4 is 5.32 Å². The molecule has 1 fully saturated rings. The summed E-state index contributed by atoms with van der Waals surface area (Å²) in [6.07, 6.45) is 2.14. The summed E-state index contributed by atoms with van der Waals surface area (Å²) in [7, 11) is 1.57. The fraction of sp³-hybridized carbons (Fsp3) is 1.00. The number of hydrogen-bond donors (Lipinski definition) is 1. The van der Waals surface area contributed by atoms with Crippen molar-refractivity contribution in [2.75, 3.05) is 25.1 Å². The van der Waals surface area contributed by atoms with Crippen LogP contribution in [-0.4, -0.2) is 31.0 Å². The molecule has 0 spiro atoms. The van der Waals surface area contributed by atoms with Gasteiger partial charge in [-0.3, -0.25) is 0 Å². The Morgan fingerprint density at radius 1 is 1.54 bits per heavy atom. The van der Waals surface area contributed by atoms with E-state index in [1.54, 1.807) is 7.05 Å². The first-order valence-electron chi connectivity index (χ1n) is 4.74. The molecule has 4 heteroatoms. The summed E-state index contributed by atoms with van der Waals surface area (Å²) in [6, 6.07) is 0. The van der Waals surface area contributed by atoms with Crippen molar-refractivity contribution in [1.29, 1.82) is 0 Å². The normalized spacial score (nSPS) is 24.7. The Hall–Kier alpha value is 0.170. The molecule has 1 unspecified atom stereocenters. The van der Waals surface area contributed by atoms with E-state index >= 15 is 0 Å². The molecule has 0 saturated carbocycles. The minimum Gasteiger partial charge on any atom is -0.314 e. The molecule has 1 N–H and O–H groups in total. The monoisotopic (exact) mass is 209 g/mol. The molecule has 0 amide bonds. The molecule has 1 aliphatic heterocycles. The van der Waals surface area contributed by atoms with E-state index in [-0.39, 0.29) is 18.9 Å². The first kappa shape index (κ1) is 11.2. The summed E-state index contributed by atoms with van der Waals surface area (Å²) in [5.41, 5.74) is 0. The van der Waals surface area contributed by atoms with Crippen molar-refractivity contribution in [2.45, 2.75) is 25.2 Å². The van der Waals surface area contributed by atoms with Crippen LogP contribution in [0.3, 0.4) is 0 Å². The fourth-order valence-electron chi connectivity index (χ4n) is 1.72. The number of halogens is 2. The molecule has 78 valence electrons. The second-order valence-corrected chi connectivity index (χ2v) is 4.82. The van der Waals surface area contributed by atoms with Crippen molar-refractivity contribution in [2.24, 2.45) is 5.92 Å². The van der Waals surface area contributed by atoms with Gasteiger partial charge in [-0.25, -0.2) is 8.78 Å². The molecule has 1 atom stereocenters. The first-order valence-corrected chi connectivity index (χ1v) is 5.90. The van der Waals surface area contributed by atoms with E-state index < -0.39 is 5.92 Å². The van der Waals surface area contributed by atoms with Crippen LogP contribution in [0.4, 0.5) is 8.78 Å². The third kappa shape index (κ3) is 4.27. The highest BCUT2D eigenvalue weighted by atomic mass is 32.2. The Kier molecular flexibility index (Phi) is 4.46. The molecule has 13 heavy (non-hydrogen) atoms. The summed E-state index contributed by atoms with van der Waals surface area (Å²) in [5.74, 6) is -0.229. The minimum atomic E-state index is -2.52. The summed E-state index contributed by atoms with van der Waals surface area (Å²) < 4.78 is 26.3. The second-order valence-electron chi connectivity index (χ2n) is 3.67. The lowest BCUT2D eigenvalue weighted by Crippen LogP contribution is -2.33. The molecular weight excluding hydrogens is 192 g/mol. The molecule has 0 bridgehead atoms. The molecule has 1 aliphatic rings. The predicted molar refractivity (Wildman–Crippen MR) is 53.5 cm³/mol. The van der Waals surface area contributed by atoms with E-state index in [0.29, 0.717) is 0 Å². The van der Waals surface area contributed by atoms with Crippen LogP contribution in [0.5, 0.6) is 0 Å². The quantitative estimate of drug-likeness (QED) is 0.763. The average Bonchev–Trinajstić information content (AvgIpc) is 2.04. The molecular formula is C9H17F2NS. The number of rotatable bonds is 4. The topological polar surface area (TPSA) is 12.0 Å². The van der Waals surface area contributed by atoms with E-state index in [1.807, 2.05) is 11.8 Å². The van der Waals surface area contributed by atoms with Crippen molar-refractivity contribution >= 4 is 11.8 Å². The third-order valence-corrected chi connectivity index (χ3v) is 3.56. The highest BCUT2D eigenvalue weighted by Gasteiger charge is 2.32. The number of nitrogens with one attached hydrogen (secondary N) is 1.